The average Bonchev–Trinajstić information content (AvgIpc) is 3.01. The highest BCUT2D eigenvalue weighted by Crippen LogP contribution is 2.46. The van der Waals surface area contributed by atoms with Crippen LogP contribution in [0.4, 0.5) is 5.69 Å². The molecule has 0 fully saturated rings. The molecular formula is C23H34N2O2Si. The van der Waals surface area contributed by atoms with Crippen LogP contribution in [0.5, 0.6) is 0 Å². The number of nitro benzene ring substituents is 1. The summed E-state index contributed by atoms with van der Waals surface area (Å²) in [6.07, 6.45) is 9.47. The number of rotatable bonds is 6. The summed E-state index contributed by atoms with van der Waals surface area (Å²) in [6, 6.07) is 5.47. The molecule has 0 amide bonds. The van der Waals surface area contributed by atoms with Crippen LogP contribution in [0, 0.1) is 10.1 Å². The van der Waals surface area contributed by atoms with Crippen LogP contribution in [0.1, 0.15) is 72.8 Å². The summed E-state index contributed by atoms with van der Waals surface area (Å²) in [5.74, 6) is 0. The molecule has 0 saturated heterocycles. The van der Waals surface area contributed by atoms with Gasteiger partial charge >= 0.3 is 0 Å². The second-order valence-electron chi connectivity index (χ2n) is 9.20. The minimum Gasteiger partial charge on any atom is -0.372 e. The lowest BCUT2D eigenvalue weighted by Crippen LogP contribution is -2.51. The molecule has 2 aromatic rings. The Morgan fingerprint density at radius 2 is 1.68 bits per heavy atom. The highest BCUT2D eigenvalue weighted by Gasteiger charge is 2.46. The first-order valence-electron chi connectivity index (χ1n) is 10.7. The van der Waals surface area contributed by atoms with Crippen LogP contribution in [-0.2, 0) is 0 Å². The Morgan fingerprint density at radius 3 is 2.18 bits per heavy atom. The normalized spacial score (nSPS) is 15.7. The molecule has 0 atom stereocenters. The zero-order valence-corrected chi connectivity index (χ0v) is 19.2. The fourth-order valence-corrected chi connectivity index (χ4v) is 12.4. The first-order valence-corrected chi connectivity index (χ1v) is 12.9. The molecule has 1 aromatic carbocycles. The maximum Gasteiger partial charge on any atom is 0.271 e. The predicted molar refractivity (Wildman–Crippen MR) is 121 cm³/mol. The van der Waals surface area contributed by atoms with Gasteiger partial charge in [-0.15, -0.1) is 0 Å². The van der Waals surface area contributed by atoms with E-state index in [9.17, 15) is 10.1 Å². The van der Waals surface area contributed by atoms with E-state index in [0.717, 1.165) is 18.4 Å². The van der Waals surface area contributed by atoms with E-state index in [2.05, 4.69) is 58.0 Å². The lowest BCUT2D eigenvalue weighted by atomic mass is 9.93. The average molecular weight is 399 g/mol. The molecule has 0 N–H and O–H groups in total. The van der Waals surface area contributed by atoms with Gasteiger partial charge < -0.3 is 4.23 Å². The lowest BCUT2D eigenvalue weighted by molar-refractivity contribution is -0.384. The van der Waals surface area contributed by atoms with E-state index >= 15 is 0 Å². The first-order chi connectivity index (χ1) is 13.2. The van der Waals surface area contributed by atoms with E-state index in [1.165, 1.54) is 29.4 Å². The summed E-state index contributed by atoms with van der Waals surface area (Å²) in [7, 11) is -2.00. The van der Waals surface area contributed by atoms with Crippen molar-refractivity contribution < 1.29 is 4.92 Å². The molecule has 5 heteroatoms. The van der Waals surface area contributed by atoms with Crippen LogP contribution < -0.4 is 0 Å². The second-order valence-corrected chi connectivity index (χ2v) is 14.9. The predicted octanol–water partition coefficient (Wildman–Crippen LogP) is 7.53. The molecule has 1 heterocycles. The number of aromatic nitrogens is 1. The van der Waals surface area contributed by atoms with Crippen LogP contribution in [0.3, 0.4) is 0 Å². The number of benzene rings is 1. The van der Waals surface area contributed by atoms with E-state index in [1.54, 1.807) is 6.07 Å². The standard InChI is InChI=1S/C23H34N2O2Si/c1-16(2)28(17(3)4,18(5)6)24-15-22(19-10-8-7-9-11-19)21-13-12-20(25(26)27)14-23(21)24/h10,12-18H,7-9,11H2,1-6H3. The SMILES string of the molecule is CC(C)[Si](C(C)C)(C(C)C)n1cc(C2=CCCCC2)c2ccc([N+](=O)[O-])cc21. The summed E-state index contributed by atoms with van der Waals surface area (Å²) in [6.45, 7) is 14.1. The number of hydrogen-bond donors (Lipinski definition) is 0. The molecule has 3 rings (SSSR count). The minimum absolute atomic E-state index is 0.190. The van der Waals surface area contributed by atoms with Crippen molar-refractivity contribution in [2.24, 2.45) is 0 Å². The van der Waals surface area contributed by atoms with Crippen LogP contribution in [0.2, 0.25) is 16.6 Å². The van der Waals surface area contributed by atoms with E-state index in [0.29, 0.717) is 16.6 Å². The maximum atomic E-state index is 11.5. The van der Waals surface area contributed by atoms with Gasteiger partial charge in [-0.1, -0.05) is 47.6 Å². The summed E-state index contributed by atoms with van der Waals surface area (Å²) in [4.78, 5) is 11.2. The third-order valence-corrected chi connectivity index (χ3v) is 13.6. The van der Waals surface area contributed by atoms with Crippen molar-refractivity contribution in [1.82, 2.24) is 4.23 Å². The van der Waals surface area contributed by atoms with Crippen molar-refractivity contribution in [1.29, 1.82) is 0 Å². The Bertz CT molecular complexity index is 887. The Kier molecular flexibility index (Phi) is 5.85. The monoisotopic (exact) mass is 398 g/mol. The molecule has 4 nitrogen and oxygen atoms in total. The summed E-state index contributed by atoms with van der Waals surface area (Å²) in [5, 5.41) is 12.7. The number of nitro groups is 1. The van der Waals surface area contributed by atoms with Crippen LogP contribution >= 0.6 is 0 Å². The Hall–Kier alpha value is -1.88. The minimum atomic E-state index is -2.00. The molecule has 0 radical (unpaired) electrons. The Balaban J connectivity index is 2.38. The molecule has 0 saturated carbocycles. The van der Waals surface area contributed by atoms with Gasteiger partial charge in [-0.25, -0.2) is 0 Å². The molecule has 152 valence electrons. The number of nitrogens with zero attached hydrogens (tertiary/aromatic N) is 2. The van der Waals surface area contributed by atoms with E-state index in [4.69, 9.17) is 0 Å². The third-order valence-electron chi connectivity index (χ3n) is 6.83. The molecule has 1 aliphatic rings. The topological polar surface area (TPSA) is 48.1 Å². The van der Waals surface area contributed by atoms with Crippen molar-refractivity contribution in [3.05, 3.63) is 46.1 Å². The van der Waals surface area contributed by atoms with Crippen molar-refractivity contribution in [3.63, 3.8) is 0 Å². The number of fused-ring (bicyclic) bond motifs is 1. The van der Waals surface area contributed by atoms with Gasteiger partial charge in [0.25, 0.3) is 5.69 Å². The number of non-ortho nitro benzene ring substituents is 1. The zero-order valence-electron chi connectivity index (χ0n) is 18.2. The van der Waals surface area contributed by atoms with Gasteiger partial charge in [-0.2, -0.15) is 0 Å². The number of hydrogen-bond acceptors (Lipinski definition) is 2. The van der Waals surface area contributed by atoms with Crippen molar-refractivity contribution in [2.75, 3.05) is 0 Å². The number of allylic oxidation sites excluding steroid dienone is 2. The highest BCUT2D eigenvalue weighted by molar-refractivity contribution is 6.82. The molecule has 0 unspecified atom stereocenters. The highest BCUT2D eigenvalue weighted by atomic mass is 28.3. The quantitative estimate of drug-likeness (QED) is 0.287. The van der Waals surface area contributed by atoms with Gasteiger partial charge in [0.05, 0.1) is 4.92 Å². The molecule has 28 heavy (non-hydrogen) atoms. The van der Waals surface area contributed by atoms with Gasteiger partial charge in [0, 0.05) is 34.8 Å². The molecule has 1 aromatic heterocycles. The maximum absolute atomic E-state index is 11.5. The largest absolute Gasteiger partial charge is 0.372 e. The van der Waals surface area contributed by atoms with Crippen molar-refractivity contribution in [2.45, 2.75) is 83.8 Å². The van der Waals surface area contributed by atoms with Gasteiger partial charge in [-0.3, -0.25) is 10.1 Å². The third kappa shape index (κ3) is 3.24. The van der Waals surface area contributed by atoms with Crippen LogP contribution in [0.25, 0.3) is 16.5 Å². The van der Waals surface area contributed by atoms with E-state index < -0.39 is 8.24 Å². The summed E-state index contributed by atoms with van der Waals surface area (Å²) < 4.78 is 2.53. The van der Waals surface area contributed by atoms with E-state index in [-0.39, 0.29) is 10.6 Å². The second kappa shape index (κ2) is 7.86. The van der Waals surface area contributed by atoms with E-state index in [1.807, 2.05) is 12.1 Å². The van der Waals surface area contributed by atoms with Gasteiger partial charge in [0.1, 0.15) is 0 Å². The smallest absolute Gasteiger partial charge is 0.271 e. The van der Waals surface area contributed by atoms with Crippen LogP contribution in [-0.4, -0.2) is 17.4 Å². The Morgan fingerprint density at radius 1 is 1.04 bits per heavy atom. The summed E-state index contributed by atoms with van der Waals surface area (Å²) in [5.41, 5.74) is 5.57. The van der Waals surface area contributed by atoms with Crippen molar-refractivity contribution in [3.8, 4) is 0 Å². The fourth-order valence-electron chi connectivity index (χ4n) is 5.82. The summed E-state index contributed by atoms with van der Waals surface area (Å²) >= 11 is 0. The molecular weight excluding hydrogens is 364 g/mol. The zero-order chi connectivity index (χ0) is 20.6. The lowest BCUT2D eigenvalue weighted by Gasteiger charge is -2.44. The molecule has 1 aliphatic carbocycles. The van der Waals surface area contributed by atoms with Crippen LogP contribution in [0.15, 0.2) is 30.5 Å². The van der Waals surface area contributed by atoms with Gasteiger partial charge in [0.2, 0.25) is 0 Å². The van der Waals surface area contributed by atoms with Crippen molar-refractivity contribution >= 4 is 30.4 Å². The molecule has 0 aliphatic heterocycles. The van der Waals surface area contributed by atoms with Gasteiger partial charge in [0.15, 0.2) is 8.24 Å². The van der Waals surface area contributed by atoms with Gasteiger partial charge in [-0.05, 0) is 53.9 Å². The first kappa shape index (κ1) is 20.8. The fraction of sp³-hybridized carbons (Fsp3) is 0.565. The molecule has 0 spiro atoms. The molecule has 0 bridgehead atoms. The Labute approximate surface area is 169 Å².